The van der Waals surface area contributed by atoms with E-state index in [4.69, 9.17) is 33.5 Å². The minimum absolute atomic E-state index is 0.0423. The number of methoxy groups -OCH3 is 1. The van der Waals surface area contributed by atoms with E-state index in [2.05, 4.69) is 126 Å². The Hall–Kier alpha value is -4.31. The lowest BCUT2D eigenvalue weighted by Crippen LogP contribution is -2.42. The number of aromatic hydroxyl groups is 1. The molecule has 3 heterocycles. The van der Waals surface area contributed by atoms with Crippen LogP contribution in [0, 0.1) is 0 Å². The molecule has 2 aromatic heterocycles. The zero-order valence-electron chi connectivity index (χ0n) is 41.6. The van der Waals surface area contributed by atoms with Crippen LogP contribution in [0.5, 0.6) is 11.6 Å². The third-order valence-electron chi connectivity index (χ3n) is 15.6. The molecule has 1 saturated heterocycles. The highest BCUT2D eigenvalue weighted by Gasteiger charge is 2.43. The molecule has 3 aliphatic rings. The van der Waals surface area contributed by atoms with E-state index in [0.29, 0.717) is 42.8 Å². The second-order valence-electron chi connectivity index (χ2n) is 22.2. The van der Waals surface area contributed by atoms with Gasteiger partial charge in [0.05, 0.1) is 47.8 Å². The molecule has 2 saturated carbocycles. The molecular weight excluding hydrogens is 843 g/mol. The van der Waals surface area contributed by atoms with Gasteiger partial charge in [-0.3, -0.25) is 0 Å². The average molecular weight is 918 g/mol. The molecule has 5 aromatic rings. The quantitative estimate of drug-likeness (QED) is 0.0956. The first kappa shape index (κ1) is 47.2. The van der Waals surface area contributed by atoms with Crippen LogP contribution in [0.15, 0.2) is 54.6 Å². The summed E-state index contributed by atoms with van der Waals surface area (Å²) >= 11 is 0. The largest absolute Gasteiger partial charge is 0.496 e. The van der Waals surface area contributed by atoms with E-state index in [0.717, 1.165) is 96.9 Å². The standard InChI is InChI=1S/C52H75N7O4Si2/c1-51(2,3)64(10,11)62-30-28-57(7)42-18-14-16-40-45(42)49(55-47(53-40)35-20-21-35)59-26-24-34(25-27-59)38-32-36(22-23-44(38)61-9)37-33-39(37)48-54-41-17-15-19-43(46(41)50(60)56-48)58(8)29-31-63-65(12,13)52(4,5)6/h14-19,22-23,32,34-35,37,39H,20-21,24-31,33H2,1-13H3,(H,54,56,60). The molecule has 13 heteroatoms. The Bertz CT molecular complexity index is 2510. The van der Waals surface area contributed by atoms with Gasteiger partial charge in [-0.1, -0.05) is 65.8 Å². The SMILES string of the molecule is COc1ccc(C2CC2c2nc(O)c3c(N(C)CCO[Si](C)(C)C(C)(C)C)cccc3n2)cc1C1CCN(c2nc(C3CC3)nc3cccc(N(C)CCO[Si](C)(C)C(C)(C)C)c23)CC1. The number of piperidine rings is 1. The summed E-state index contributed by atoms with van der Waals surface area (Å²) in [6.07, 6.45) is 5.27. The van der Waals surface area contributed by atoms with Crippen LogP contribution in [0.4, 0.5) is 17.2 Å². The second kappa shape index (κ2) is 18.1. The maximum atomic E-state index is 11.5. The Balaban J connectivity index is 0.971. The lowest BCUT2D eigenvalue weighted by Gasteiger charge is -2.37. The van der Waals surface area contributed by atoms with Crippen molar-refractivity contribution in [2.24, 2.45) is 0 Å². The summed E-state index contributed by atoms with van der Waals surface area (Å²) in [5.74, 6) is 5.00. The van der Waals surface area contributed by atoms with Crippen molar-refractivity contribution in [3.8, 4) is 11.6 Å². The molecule has 0 radical (unpaired) electrons. The van der Waals surface area contributed by atoms with E-state index in [-0.39, 0.29) is 27.8 Å². The topological polar surface area (TPSA) is 109 Å². The lowest BCUT2D eigenvalue weighted by molar-refractivity contribution is 0.295. The number of ether oxygens (including phenoxy) is 1. The Kier molecular flexibility index (Phi) is 13.1. The van der Waals surface area contributed by atoms with Crippen LogP contribution in [-0.4, -0.2) is 102 Å². The van der Waals surface area contributed by atoms with E-state index < -0.39 is 16.6 Å². The van der Waals surface area contributed by atoms with Gasteiger partial charge in [0.1, 0.15) is 23.2 Å². The maximum Gasteiger partial charge on any atom is 0.224 e. The van der Waals surface area contributed by atoms with Crippen molar-refractivity contribution >= 4 is 55.6 Å². The summed E-state index contributed by atoms with van der Waals surface area (Å²) in [5.41, 5.74) is 6.43. The van der Waals surface area contributed by atoms with Gasteiger partial charge in [-0.05, 0) is 122 Å². The summed E-state index contributed by atoms with van der Waals surface area (Å²) in [7, 11) is 2.29. The van der Waals surface area contributed by atoms with Gasteiger partial charge in [0.25, 0.3) is 0 Å². The minimum atomic E-state index is -1.87. The van der Waals surface area contributed by atoms with E-state index in [1.165, 1.54) is 11.1 Å². The number of fused-ring (bicyclic) bond motifs is 2. The number of rotatable bonds is 16. The summed E-state index contributed by atoms with van der Waals surface area (Å²) in [6.45, 7) is 27.5. The predicted molar refractivity (Wildman–Crippen MR) is 273 cm³/mol. The van der Waals surface area contributed by atoms with Gasteiger partial charge in [0.2, 0.25) is 5.88 Å². The van der Waals surface area contributed by atoms with Crippen molar-refractivity contribution in [2.45, 2.75) is 134 Å². The van der Waals surface area contributed by atoms with Gasteiger partial charge in [0, 0.05) is 57.8 Å². The zero-order chi connectivity index (χ0) is 46.6. The van der Waals surface area contributed by atoms with Crippen molar-refractivity contribution in [2.75, 3.05) is 75.3 Å². The Morgan fingerprint density at radius 3 is 1.78 bits per heavy atom. The van der Waals surface area contributed by atoms with Gasteiger partial charge in [-0.2, -0.15) is 4.98 Å². The zero-order valence-corrected chi connectivity index (χ0v) is 43.6. The third kappa shape index (κ3) is 9.90. The molecule has 0 amide bonds. The third-order valence-corrected chi connectivity index (χ3v) is 24.7. The first-order chi connectivity index (χ1) is 30.7. The predicted octanol–water partition coefficient (Wildman–Crippen LogP) is 11.7. The van der Waals surface area contributed by atoms with Crippen molar-refractivity contribution in [3.05, 3.63) is 77.4 Å². The Morgan fingerprint density at radius 2 is 1.23 bits per heavy atom. The molecule has 2 atom stereocenters. The molecule has 2 aliphatic carbocycles. The van der Waals surface area contributed by atoms with Gasteiger partial charge < -0.3 is 33.4 Å². The molecule has 11 nitrogen and oxygen atoms in total. The number of anilines is 3. The van der Waals surface area contributed by atoms with E-state index in [1.54, 1.807) is 7.11 Å². The van der Waals surface area contributed by atoms with E-state index >= 15 is 0 Å². The van der Waals surface area contributed by atoms with Crippen molar-refractivity contribution in [3.63, 3.8) is 0 Å². The molecule has 65 heavy (non-hydrogen) atoms. The fraction of sp³-hybridized carbons (Fsp3) is 0.577. The number of nitrogens with zero attached hydrogens (tertiary/aromatic N) is 7. The average Bonchev–Trinajstić information content (AvgIpc) is 4.20. The van der Waals surface area contributed by atoms with Gasteiger partial charge in [-0.15, -0.1) is 0 Å². The van der Waals surface area contributed by atoms with Crippen molar-refractivity contribution < 1.29 is 18.7 Å². The van der Waals surface area contributed by atoms with Gasteiger partial charge >= 0.3 is 0 Å². The molecule has 0 bridgehead atoms. The lowest BCUT2D eigenvalue weighted by atomic mass is 9.87. The normalized spacial score (nSPS) is 18.7. The highest BCUT2D eigenvalue weighted by atomic mass is 28.4. The second-order valence-corrected chi connectivity index (χ2v) is 31.8. The molecule has 3 aromatic carbocycles. The van der Waals surface area contributed by atoms with Crippen LogP contribution in [0.1, 0.15) is 120 Å². The number of hydrogen-bond donors (Lipinski definition) is 1. The number of aromatic nitrogens is 4. The van der Waals surface area contributed by atoms with E-state index in [1.807, 2.05) is 25.2 Å². The van der Waals surface area contributed by atoms with Crippen LogP contribution in [0.2, 0.25) is 36.3 Å². The van der Waals surface area contributed by atoms with Crippen LogP contribution >= 0.6 is 0 Å². The first-order valence-corrected chi connectivity index (χ1v) is 29.9. The van der Waals surface area contributed by atoms with Crippen LogP contribution in [0.3, 0.4) is 0 Å². The molecule has 8 rings (SSSR count). The van der Waals surface area contributed by atoms with Crippen molar-refractivity contribution in [1.29, 1.82) is 0 Å². The number of benzene rings is 3. The fourth-order valence-corrected chi connectivity index (χ4v) is 11.1. The van der Waals surface area contributed by atoms with Gasteiger partial charge in [0.15, 0.2) is 16.6 Å². The molecular formula is C52H75N7O4Si2. The van der Waals surface area contributed by atoms with Crippen LogP contribution < -0.4 is 19.4 Å². The molecule has 1 aliphatic heterocycles. The van der Waals surface area contributed by atoms with Crippen LogP contribution in [0.25, 0.3) is 21.8 Å². The highest BCUT2D eigenvalue weighted by Crippen LogP contribution is 2.55. The maximum absolute atomic E-state index is 11.5. The Morgan fingerprint density at radius 1 is 0.677 bits per heavy atom. The monoisotopic (exact) mass is 918 g/mol. The Labute approximate surface area is 390 Å². The van der Waals surface area contributed by atoms with Crippen molar-refractivity contribution in [1.82, 2.24) is 19.9 Å². The highest BCUT2D eigenvalue weighted by molar-refractivity contribution is 6.74. The number of likely N-dealkylation sites (N-methyl/N-ethyl adjacent to an activating group) is 2. The fourth-order valence-electron chi connectivity index (χ4n) is 8.98. The summed E-state index contributed by atoms with van der Waals surface area (Å²) in [4.78, 5) is 27.3. The van der Waals surface area contributed by atoms with Gasteiger partial charge in [-0.25, -0.2) is 15.0 Å². The smallest absolute Gasteiger partial charge is 0.224 e. The molecule has 3 fully saturated rings. The molecule has 0 spiro atoms. The number of hydrogen-bond acceptors (Lipinski definition) is 11. The first-order valence-electron chi connectivity index (χ1n) is 24.1. The minimum Gasteiger partial charge on any atom is -0.496 e. The molecule has 2 unspecified atom stereocenters. The summed E-state index contributed by atoms with van der Waals surface area (Å²) in [5, 5.41) is 13.6. The van der Waals surface area contributed by atoms with E-state index in [9.17, 15) is 5.11 Å². The van der Waals surface area contributed by atoms with Crippen LogP contribution in [-0.2, 0) is 8.85 Å². The summed E-state index contributed by atoms with van der Waals surface area (Å²) < 4.78 is 19.1. The summed E-state index contributed by atoms with van der Waals surface area (Å²) in [6, 6.07) is 19.3. The molecule has 350 valence electrons. The molecule has 1 N–H and O–H groups in total.